The van der Waals surface area contributed by atoms with Gasteiger partial charge in [-0.1, -0.05) is 44.2 Å². The Morgan fingerprint density at radius 2 is 1.86 bits per heavy atom. The molecule has 1 aliphatic rings. The van der Waals surface area contributed by atoms with E-state index in [9.17, 15) is 27.9 Å². The average molecular weight is 706 g/mol. The molecule has 2 heterocycles. The average Bonchev–Trinajstić information content (AvgIpc) is 3.56. The van der Waals surface area contributed by atoms with Crippen LogP contribution in [0.5, 0.6) is 11.5 Å². The van der Waals surface area contributed by atoms with Crippen LogP contribution in [0.1, 0.15) is 45.2 Å². The van der Waals surface area contributed by atoms with E-state index in [1.165, 1.54) is 5.56 Å². The molecule has 0 fully saturated rings. The summed E-state index contributed by atoms with van der Waals surface area (Å²) in [6.45, 7) is 12.1. The monoisotopic (exact) mass is 705 g/mol. The molecule has 0 saturated heterocycles. The summed E-state index contributed by atoms with van der Waals surface area (Å²) in [6, 6.07) is 11.9. The molecule has 12 nitrogen and oxygen atoms in total. The number of halogens is 3. The van der Waals surface area contributed by atoms with Gasteiger partial charge in [0.1, 0.15) is 11.4 Å². The van der Waals surface area contributed by atoms with Crippen LogP contribution in [0.25, 0.3) is 11.1 Å². The van der Waals surface area contributed by atoms with E-state index in [2.05, 4.69) is 73.9 Å². The van der Waals surface area contributed by atoms with Gasteiger partial charge in [0.05, 0.1) is 25.8 Å². The number of phenolic OH excluding ortho intramolecular Hbond substituents is 1. The van der Waals surface area contributed by atoms with E-state index in [1.54, 1.807) is 6.07 Å². The van der Waals surface area contributed by atoms with Gasteiger partial charge in [0.2, 0.25) is 5.91 Å². The van der Waals surface area contributed by atoms with Gasteiger partial charge in [0, 0.05) is 37.4 Å². The van der Waals surface area contributed by atoms with Gasteiger partial charge in [-0.05, 0) is 61.9 Å². The van der Waals surface area contributed by atoms with Gasteiger partial charge in [-0.3, -0.25) is 14.3 Å². The van der Waals surface area contributed by atoms with Gasteiger partial charge in [0.25, 0.3) is 5.91 Å². The molecule has 274 valence electrons. The molecule has 50 heavy (non-hydrogen) atoms. The summed E-state index contributed by atoms with van der Waals surface area (Å²) in [5.41, 5.74) is 4.67. The zero-order valence-corrected chi connectivity index (χ0v) is 28.8. The standard InChI is InChI=1S/C33H45N5O5.C2HF3O2/c1-5-37-21-28(20-35-37)27-8-6-7-25(19-27)12-17-42-18-13-31(41)38(24(4)23(2)3)16-15-34-14-11-26-9-10-29(39)32-33(26)43-22-30(40)36-32;3-2(4,5)1(6)7/h6-10,19-21,23-24,34,39H,5,11-18,22H2,1-4H3,(H,36,40);(H,6,7)/t24-;/m1./s1. The van der Waals surface area contributed by atoms with Crippen LogP contribution in [-0.2, 0) is 38.5 Å². The molecule has 0 radical (unpaired) electrons. The number of aryl methyl sites for hydroxylation is 1. The highest BCUT2D eigenvalue weighted by Crippen LogP contribution is 2.39. The summed E-state index contributed by atoms with van der Waals surface area (Å²) in [6.07, 6.45) is 0.644. The number of nitrogens with zero attached hydrogens (tertiary/aromatic N) is 3. The number of ether oxygens (including phenoxy) is 2. The fraction of sp³-hybridized carbons (Fsp3) is 0.486. The number of aromatic nitrogens is 2. The Balaban J connectivity index is 0.000000872. The summed E-state index contributed by atoms with van der Waals surface area (Å²) in [5.74, 6) is -2.11. The Morgan fingerprint density at radius 1 is 1.12 bits per heavy atom. The minimum absolute atomic E-state index is 0.00834. The maximum atomic E-state index is 13.2. The van der Waals surface area contributed by atoms with Crippen molar-refractivity contribution in [2.24, 2.45) is 5.92 Å². The Hall–Kier alpha value is -4.63. The number of phenols is 1. The topological polar surface area (TPSA) is 155 Å². The Morgan fingerprint density at radius 3 is 2.52 bits per heavy atom. The Bertz CT molecular complexity index is 1580. The normalized spacial score (nSPS) is 13.1. The largest absolute Gasteiger partial charge is 0.506 e. The highest BCUT2D eigenvalue weighted by atomic mass is 19.4. The molecule has 15 heteroatoms. The first-order valence-corrected chi connectivity index (χ1v) is 16.5. The minimum atomic E-state index is -5.08. The van der Waals surface area contributed by atoms with Crippen LogP contribution in [-0.4, -0.2) is 94.4 Å². The van der Waals surface area contributed by atoms with Gasteiger partial charge in [-0.25, -0.2) is 4.79 Å². The zero-order valence-electron chi connectivity index (χ0n) is 28.8. The summed E-state index contributed by atoms with van der Waals surface area (Å²) < 4.78 is 45.1. The van der Waals surface area contributed by atoms with E-state index < -0.39 is 12.1 Å². The molecule has 2 aromatic carbocycles. The molecule has 4 N–H and O–H groups in total. The smallest absolute Gasteiger partial charge is 0.490 e. The second-order valence-corrected chi connectivity index (χ2v) is 12.1. The van der Waals surface area contributed by atoms with Gasteiger partial charge >= 0.3 is 12.1 Å². The van der Waals surface area contributed by atoms with Crippen LogP contribution in [0.4, 0.5) is 18.9 Å². The Kier molecular flexibility index (Phi) is 15.1. The third-order valence-corrected chi connectivity index (χ3v) is 8.16. The molecule has 3 aromatic rings. The van der Waals surface area contributed by atoms with Crippen LogP contribution in [0, 0.1) is 5.92 Å². The van der Waals surface area contributed by atoms with Crippen molar-refractivity contribution < 1.29 is 47.2 Å². The number of rotatable bonds is 16. The van der Waals surface area contributed by atoms with E-state index in [4.69, 9.17) is 19.4 Å². The number of hydrogen-bond donors (Lipinski definition) is 4. The fourth-order valence-corrected chi connectivity index (χ4v) is 5.06. The molecule has 0 saturated carbocycles. The second kappa shape index (κ2) is 18.9. The van der Waals surface area contributed by atoms with Crippen LogP contribution >= 0.6 is 0 Å². The van der Waals surface area contributed by atoms with Crippen LogP contribution in [0.3, 0.4) is 0 Å². The van der Waals surface area contributed by atoms with E-state index in [0.29, 0.717) is 63.0 Å². The number of amides is 2. The predicted octanol–water partition coefficient (Wildman–Crippen LogP) is 4.89. The van der Waals surface area contributed by atoms with Gasteiger partial charge < -0.3 is 35.2 Å². The van der Waals surface area contributed by atoms with Crippen LogP contribution in [0.2, 0.25) is 0 Å². The molecular formula is C35H46F3N5O7. The fourth-order valence-electron chi connectivity index (χ4n) is 5.06. The molecule has 1 aliphatic heterocycles. The van der Waals surface area contributed by atoms with Crippen molar-refractivity contribution in [2.75, 3.05) is 44.8 Å². The highest BCUT2D eigenvalue weighted by Gasteiger charge is 2.38. The number of nitrogens with one attached hydrogen (secondary N) is 2. The third-order valence-electron chi connectivity index (χ3n) is 8.16. The van der Waals surface area contributed by atoms with E-state index in [-0.39, 0.29) is 30.2 Å². The molecule has 1 atom stereocenters. The van der Waals surface area contributed by atoms with Gasteiger partial charge in [0.15, 0.2) is 12.4 Å². The molecule has 0 unspecified atom stereocenters. The number of carboxylic acids is 1. The summed E-state index contributed by atoms with van der Waals surface area (Å²) in [7, 11) is 0. The highest BCUT2D eigenvalue weighted by molar-refractivity contribution is 5.97. The third kappa shape index (κ3) is 12.1. The molecule has 1 aromatic heterocycles. The first-order chi connectivity index (χ1) is 23.7. The molecule has 0 spiro atoms. The van der Waals surface area contributed by atoms with E-state index in [0.717, 1.165) is 29.7 Å². The van der Waals surface area contributed by atoms with Crippen molar-refractivity contribution in [3.8, 4) is 22.6 Å². The van der Waals surface area contributed by atoms with Crippen molar-refractivity contribution in [2.45, 2.75) is 65.7 Å². The number of benzene rings is 2. The summed E-state index contributed by atoms with van der Waals surface area (Å²) in [5, 5.41) is 27.6. The van der Waals surface area contributed by atoms with Crippen molar-refractivity contribution in [1.82, 2.24) is 20.0 Å². The number of hydrogen-bond acceptors (Lipinski definition) is 8. The zero-order chi connectivity index (χ0) is 36.8. The molecule has 2 amide bonds. The number of anilines is 1. The van der Waals surface area contributed by atoms with Crippen molar-refractivity contribution in [3.05, 3.63) is 59.9 Å². The van der Waals surface area contributed by atoms with Crippen molar-refractivity contribution in [1.29, 1.82) is 0 Å². The Labute approximate surface area is 289 Å². The molecule has 0 aliphatic carbocycles. The number of carboxylic acid groups (broad SMARTS) is 1. The lowest BCUT2D eigenvalue weighted by molar-refractivity contribution is -0.192. The SMILES string of the molecule is CCn1cc(-c2cccc(CCOCCC(=O)N(CCNCCc3ccc(O)c4c3OCC(=O)N4)[C@H](C)C(C)C)c2)cn1.O=C(O)C(F)(F)F. The quantitative estimate of drug-likeness (QED) is 0.120. The first kappa shape index (κ1) is 39.8. The number of carbonyl (C=O) groups is 3. The molecule has 0 bridgehead atoms. The minimum Gasteiger partial charge on any atom is -0.506 e. The lowest BCUT2D eigenvalue weighted by atomic mass is 10.0. The van der Waals surface area contributed by atoms with Gasteiger partial charge in [-0.2, -0.15) is 18.3 Å². The molecular weight excluding hydrogens is 659 g/mol. The lowest BCUT2D eigenvalue weighted by Gasteiger charge is -2.32. The first-order valence-electron chi connectivity index (χ1n) is 16.5. The number of alkyl halides is 3. The van der Waals surface area contributed by atoms with Gasteiger partial charge in [-0.15, -0.1) is 0 Å². The number of fused-ring (bicyclic) bond motifs is 1. The van der Waals surface area contributed by atoms with E-state index in [1.807, 2.05) is 21.8 Å². The lowest BCUT2D eigenvalue weighted by Crippen LogP contribution is -2.45. The number of carbonyl (C=O) groups excluding carboxylic acids is 2. The van der Waals surface area contributed by atoms with E-state index >= 15 is 0 Å². The maximum absolute atomic E-state index is 13.2. The number of aromatic hydroxyl groups is 1. The van der Waals surface area contributed by atoms with Crippen molar-refractivity contribution >= 4 is 23.5 Å². The second-order valence-electron chi connectivity index (χ2n) is 12.1. The van der Waals surface area contributed by atoms with Crippen LogP contribution in [0.15, 0.2) is 48.8 Å². The van der Waals surface area contributed by atoms with Crippen LogP contribution < -0.4 is 15.4 Å². The summed E-state index contributed by atoms with van der Waals surface area (Å²) in [4.78, 5) is 35.7. The number of aliphatic carboxylic acids is 1. The predicted molar refractivity (Wildman–Crippen MR) is 181 cm³/mol. The van der Waals surface area contributed by atoms with Crippen molar-refractivity contribution in [3.63, 3.8) is 0 Å². The maximum Gasteiger partial charge on any atom is 0.490 e. The summed E-state index contributed by atoms with van der Waals surface area (Å²) >= 11 is 0. The molecule has 4 rings (SSSR count).